The first-order valence-electron chi connectivity index (χ1n) is 6.80. The summed E-state index contributed by atoms with van der Waals surface area (Å²) in [5.74, 6) is 1.62. The summed E-state index contributed by atoms with van der Waals surface area (Å²) in [5, 5.41) is 3.85. The molecule has 0 spiro atoms. The lowest BCUT2D eigenvalue weighted by molar-refractivity contribution is 0.356. The maximum absolute atomic E-state index is 5.82. The Morgan fingerprint density at radius 1 is 1.33 bits per heavy atom. The fraction of sp³-hybridized carbons (Fsp3) is 0.357. The minimum Gasteiger partial charge on any atom is -0.423 e. The van der Waals surface area contributed by atoms with Gasteiger partial charge in [0.1, 0.15) is 5.52 Å². The third kappa shape index (κ3) is 2.31. The lowest BCUT2D eigenvalue weighted by Crippen LogP contribution is -2.19. The quantitative estimate of drug-likeness (QED) is 0.707. The molecule has 1 atom stereocenters. The fourth-order valence-electron chi connectivity index (χ4n) is 2.64. The zero-order valence-electron chi connectivity index (χ0n) is 11.4. The monoisotopic (exact) mass is 348 g/mol. The number of aromatic nitrogens is 3. The van der Waals surface area contributed by atoms with Crippen LogP contribution in [0.25, 0.3) is 11.1 Å². The van der Waals surface area contributed by atoms with Crippen LogP contribution in [0.4, 0.5) is 6.01 Å². The summed E-state index contributed by atoms with van der Waals surface area (Å²) >= 11 is 3.44. The number of fused-ring (bicyclic) bond motifs is 1. The zero-order valence-corrected chi connectivity index (χ0v) is 13.0. The highest BCUT2D eigenvalue weighted by Crippen LogP contribution is 2.31. The Labute approximate surface area is 129 Å². The molecule has 1 saturated heterocycles. The third-order valence-corrected chi connectivity index (χ3v) is 4.18. The van der Waals surface area contributed by atoms with E-state index in [1.807, 2.05) is 25.1 Å². The van der Waals surface area contributed by atoms with Crippen molar-refractivity contribution in [3.63, 3.8) is 0 Å². The number of benzene rings is 1. The molecule has 0 amide bonds. The van der Waals surface area contributed by atoms with E-state index in [1.54, 1.807) is 0 Å². The molecule has 0 unspecified atom stereocenters. The Morgan fingerprint density at radius 2 is 2.24 bits per heavy atom. The standard InChI is InChI=1S/C14H13BrN4O2/c1-8-16-13(21-18-8)9-4-5-19(7-9)14-17-11-6-10(15)2-3-12(11)20-14/h2-3,6,9H,4-5,7H2,1H3/t9-/m0/s1. The molecular formula is C14H13BrN4O2. The maximum atomic E-state index is 5.82. The number of anilines is 1. The molecule has 0 aliphatic carbocycles. The van der Waals surface area contributed by atoms with Crippen LogP contribution in [-0.4, -0.2) is 28.2 Å². The molecule has 0 radical (unpaired) electrons. The number of hydrogen-bond acceptors (Lipinski definition) is 6. The van der Waals surface area contributed by atoms with Crippen molar-refractivity contribution in [2.45, 2.75) is 19.3 Å². The largest absolute Gasteiger partial charge is 0.423 e. The summed E-state index contributed by atoms with van der Waals surface area (Å²) in [7, 11) is 0. The molecule has 3 heterocycles. The van der Waals surface area contributed by atoms with Gasteiger partial charge in [-0.3, -0.25) is 0 Å². The predicted octanol–water partition coefficient (Wildman–Crippen LogP) is 3.28. The number of aryl methyl sites for hydroxylation is 1. The Balaban J connectivity index is 1.59. The first-order valence-corrected chi connectivity index (χ1v) is 7.59. The van der Waals surface area contributed by atoms with E-state index in [0.717, 1.165) is 35.1 Å². The number of nitrogens with zero attached hydrogens (tertiary/aromatic N) is 4. The Morgan fingerprint density at radius 3 is 3.05 bits per heavy atom. The van der Waals surface area contributed by atoms with Gasteiger partial charge in [0.2, 0.25) is 5.89 Å². The fourth-order valence-corrected chi connectivity index (χ4v) is 2.99. The van der Waals surface area contributed by atoms with Crippen LogP contribution in [0.2, 0.25) is 0 Å². The van der Waals surface area contributed by atoms with Crippen molar-refractivity contribution in [1.29, 1.82) is 0 Å². The number of halogens is 1. The van der Waals surface area contributed by atoms with Gasteiger partial charge in [-0.1, -0.05) is 21.1 Å². The molecular weight excluding hydrogens is 336 g/mol. The normalized spacial score (nSPS) is 18.8. The van der Waals surface area contributed by atoms with Gasteiger partial charge in [0.15, 0.2) is 11.4 Å². The van der Waals surface area contributed by atoms with E-state index in [-0.39, 0.29) is 5.92 Å². The minimum absolute atomic E-state index is 0.243. The molecule has 108 valence electrons. The molecule has 21 heavy (non-hydrogen) atoms. The van der Waals surface area contributed by atoms with Gasteiger partial charge in [-0.05, 0) is 31.5 Å². The van der Waals surface area contributed by atoms with E-state index in [9.17, 15) is 0 Å². The molecule has 4 rings (SSSR count). The second-order valence-corrected chi connectivity index (χ2v) is 6.14. The van der Waals surface area contributed by atoms with Crippen LogP contribution in [0.15, 0.2) is 31.6 Å². The number of oxazole rings is 1. The molecule has 0 N–H and O–H groups in total. The van der Waals surface area contributed by atoms with Crippen molar-refractivity contribution >= 4 is 33.0 Å². The topological polar surface area (TPSA) is 68.2 Å². The Hall–Kier alpha value is -1.89. The second-order valence-electron chi connectivity index (χ2n) is 5.22. The van der Waals surface area contributed by atoms with Gasteiger partial charge in [-0.2, -0.15) is 9.97 Å². The summed E-state index contributed by atoms with van der Waals surface area (Å²) in [5.41, 5.74) is 1.65. The molecule has 0 saturated carbocycles. The molecule has 7 heteroatoms. The van der Waals surface area contributed by atoms with Crippen LogP contribution in [0.5, 0.6) is 0 Å². The number of rotatable bonds is 2. The van der Waals surface area contributed by atoms with E-state index in [2.05, 4.69) is 36.0 Å². The molecule has 2 aromatic heterocycles. The Bertz CT molecular complexity index is 797. The summed E-state index contributed by atoms with van der Waals surface area (Å²) < 4.78 is 12.1. The van der Waals surface area contributed by atoms with Crippen LogP contribution in [0.3, 0.4) is 0 Å². The van der Waals surface area contributed by atoms with E-state index >= 15 is 0 Å². The highest BCUT2D eigenvalue weighted by atomic mass is 79.9. The minimum atomic E-state index is 0.243. The van der Waals surface area contributed by atoms with E-state index in [4.69, 9.17) is 8.94 Å². The summed E-state index contributed by atoms with van der Waals surface area (Å²) in [6, 6.07) is 6.48. The van der Waals surface area contributed by atoms with Crippen molar-refractivity contribution in [3.05, 3.63) is 34.4 Å². The van der Waals surface area contributed by atoms with Crippen LogP contribution in [-0.2, 0) is 0 Å². The second kappa shape index (κ2) is 4.84. The van der Waals surface area contributed by atoms with Crippen molar-refractivity contribution in [2.75, 3.05) is 18.0 Å². The summed E-state index contributed by atoms with van der Waals surface area (Å²) in [4.78, 5) is 11.0. The average Bonchev–Trinajstić information content (AvgIpc) is 3.14. The molecule has 3 aromatic rings. The van der Waals surface area contributed by atoms with E-state index in [1.165, 1.54) is 0 Å². The van der Waals surface area contributed by atoms with Gasteiger partial charge in [-0.15, -0.1) is 0 Å². The van der Waals surface area contributed by atoms with Gasteiger partial charge >= 0.3 is 0 Å². The van der Waals surface area contributed by atoms with Gasteiger partial charge in [0, 0.05) is 17.6 Å². The smallest absolute Gasteiger partial charge is 0.298 e. The molecule has 0 bridgehead atoms. The van der Waals surface area contributed by atoms with Crippen LogP contribution >= 0.6 is 15.9 Å². The van der Waals surface area contributed by atoms with Gasteiger partial charge in [0.25, 0.3) is 6.01 Å². The molecule has 1 fully saturated rings. The maximum Gasteiger partial charge on any atom is 0.298 e. The average molecular weight is 349 g/mol. The lowest BCUT2D eigenvalue weighted by Gasteiger charge is -2.11. The van der Waals surface area contributed by atoms with Crippen LogP contribution < -0.4 is 4.90 Å². The predicted molar refractivity (Wildman–Crippen MR) is 80.3 cm³/mol. The zero-order chi connectivity index (χ0) is 14.4. The molecule has 6 nitrogen and oxygen atoms in total. The molecule has 1 aromatic carbocycles. The van der Waals surface area contributed by atoms with Crippen LogP contribution in [0, 0.1) is 6.92 Å². The van der Waals surface area contributed by atoms with Gasteiger partial charge in [-0.25, -0.2) is 0 Å². The third-order valence-electron chi connectivity index (χ3n) is 3.69. The van der Waals surface area contributed by atoms with Gasteiger partial charge in [0.05, 0.1) is 5.92 Å². The highest BCUT2D eigenvalue weighted by molar-refractivity contribution is 9.10. The lowest BCUT2D eigenvalue weighted by atomic mass is 10.1. The van der Waals surface area contributed by atoms with E-state index in [0.29, 0.717) is 17.7 Å². The van der Waals surface area contributed by atoms with Crippen molar-refractivity contribution in [2.24, 2.45) is 0 Å². The molecule has 1 aliphatic rings. The number of hydrogen-bond donors (Lipinski definition) is 0. The molecule has 1 aliphatic heterocycles. The SMILES string of the molecule is Cc1noc([C@H]2CCN(c3nc4cc(Br)ccc4o3)C2)n1. The van der Waals surface area contributed by atoms with Gasteiger partial charge < -0.3 is 13.8 Å². The first kappa shape index (κ1) is 12.8. The summed E-state index contributed by atoms with van der Waals surface area (Å²) in [6.45, 7) is 3.49. The van der Waals surface area contributed by atoms with Crippen molar-refractivity contribution in [3.8, 4) is 0 Å². The summed E-state index contributed by atoms with van der Waals surface area (Å²) in [6.07, 6.45) is 0.962. The Kier molecular flexibility index (Phi) is 2.95. The van der Waals surface area contributed by atoms with Crippen LogP contribution in [0.1, 0.15) is 24.1 Å². The van der Waals surface area contributed by atoms with Crippen molar-refractivity contribution < 1.29 is 8.94 Å². The van der Waals surface area contributed by atoms with E-state index < -0.39 is 0 Å². The highest BCUT2D eigenvalue weighted by Gasteiger charge is 2.30. The first-order chi connectivity index (χ1) is 10.2. The van der Waals surface area contributed by atoms with Crippen molar-refractivity contribution in [1.82, 2.24) is 15.1 Å².